The molecule has 0 radical (unpaired) electrons. The van der Waals surface area contributed by atoms with Crippen LogP contribution in [0.4, 0.5) is 18.0 Å². The summed E-state index contributed by atoms with van der Waals surface area (Å²) >= 11 is 0. The van der Waals surface area contributed by atoms with Gasteiger partial charge in [0.1, 0.15) is 12.4 Å². The summed E-state index contributed by atoms with van der Waals surface area (Å²) in [5.41, 5.74) is 1.99. The highest BCUT2D eigenvalue weighted by Crippen LogP contribution is 2.38. The second-order valence-electron chi connectivity index (χ2n) is 7.02. The summed E-state index contributed by atoms with van der Waals surface area (Å²) in [6.07, 6.45) is -4.99. The van der Waals surface area contributed by atoms with E-state index in [1.54, 1.807) is 0 Å². The van der Waals surface area contributed by atoms with Gasteiger partial charge in [0.2, 0.25) is 0 Å². The highest BCUT2D eigenvalue weighted by Gasteiger charge is 2.32. The second kappa shape index (κ2) is 7.73. The van der Waals surface area contributed by atoms with Gasteiger partial charge < -0.3 is 14.4 Å². The average molecular weight is 393 g/mol. The number of halogens is 3. The highest BCUT2D eigenvalue weighted by atomic mass is 19.4. The first-order valence-corrected chi connectivity index (χ1v) is 9.01. The van der Waals surface area contributed by atoms with Crippen LogP contribution in [0.15, 0.2) is 36.4 Å². The summed E-state index contributed by atoms with van der Waals surface area (Å²) in [6, 6.07) is 9.29. The van der Waals surface area contributed by atoms with Crippen LogP contribution in [0.3, 0.4) is 0 Å². The third-order valence-electron chi connectivity index (χ3n) is 4.82. The molecule has 0 spiro atoms. The molecule has 0 unspecified atom stereocenters. The predicted octanol–water partition coefficient (Wildman–Crippen LogP) is 5.46. The lowest BCUT2D eigenvalue weighted by Crippen LogP contribution is -2.24. The maximum atomic E-state index is 13.3. The summed E-state index contributed by atoms with van der Waals surface area (Å²) in [6.45, 7) is 4.70. The first-order valence-electron chi connectivity index (χ1n) is 9.01. The number of rotatable bonds is 5. The number of nitrogens with zero attached hydrogens (tertiary/aromatic N) is 1. The van der Waals surface area contributed by atoms with Crippen molar-refractivity contribution in [3.05, 3.63) is 53.1 Å². The number of cyclic esters (lactones) is 1. The summed E-state index contributed by atoms with van der Waals surface area (Å²) in [4.78, 5) is 13.2. The molecule has 3 rings (SSSR count). The Hall–Kier alpha value is -2.70. The third kappa shape index (κ3) is 4.08. The number of amides is 1. The zero-order chi connectivity index (χ0) is 20.5. The van der Waals surface area contributed by atoms with Gasteiger partial charge in [0, 0.05) is 12.1 Å². The van der Waals surface area contributed by atoms with E-state index in [2.05, 4.69) is 0 Å². The molecule has 1 saturated heterocycles. The molecule has 150 valence electrons. The maximum absolute atomic E-state index is 13.3. The molecule has 2 aromatic carbocycles. The fourth-order valence-corrected chi connectivity index (χ4v) is 3.23. The number of ether oxygens (including phenoxy) is 2. The molecular weight excluding hydrogens is 371 g/mol. The highest BCUT2D eigenvalue weighted by molar-refractivity contribution is 5.76. The third-order valence-corrected chi connectivity index (χ3v) is 4.82. The van der Waals surface area contributed by atoms with Crippen molar-refractivity contribution < 1.29 is 27.4 Å². The fourth-order valence-electron chi connectivity index (χ4n) is 3.23. The molecule has 0 aliphatic carbocycles. The lowest BCUT2D eigenvalue weighted by Gasteiger charge is -2.20. The first kappa shape index (κ1) is 20.0. The van der Waals surface area contributed by atoms with Crippen molar-refractivity contribution in [3.8, 4) is 16.9 Å². The van der Waals surface area contributed by atoms with Crippen LogP contribution in [0.5, 0.6) is 5.75 Å². The van der Waals surface area contributed by atoms with Gasteiger partial charge in [-0.1, -0.05) is 26.0 Å². The quantitative estimate of drug-likeness (QED) is 0.677. The summed E-state index contributed by atoms with van der Waals surface area (Å²) in [5.74, 6) is 0.811. The Kier molecular flexibility index (Phi) is 5.54. The minimum absolute atomic E-state index is 0.0349. The smallest absolute Gasteiger partial charge is 0.416 e. The number of hydrogen-bond donors (Lipinski definition) is 0. The largest absolute Gasteiger partial charge is 0.496 e. The molecule has 1 fully saturated rings. The van der Waals surface area contributed by atoms with Crippen molar-refractivity contribution in [1.82, 2.24) is 4.90 Å². The molecule has 0 atom stereocenters. The van der Waals surface area contributed by atoms with Crippen LogP contribution in [-0.4, -0.2) is 31.3 Å². The first-order chi connectivity index (χ1) is 13.2. The molecule has 0 saturated carbocycles. The van der Waals surface area contributed by atoms with E-state index < -0.39 is 17.8 Å². The fraction of sp³-hybridized carbons (Fsp3) is 0.381. The van der Waals surface area contributed by atoms with Crippen LogP contribution in [-0.2, 0) is 17.5 Å². The predicted molar refractivity (Wildman–Crippen MR) is 99.3 cm³/mol. The Balaban J connectivity index is 2.14. The van der Waals surface area contributed by atoms with E-state index in [9.17, 15) is 18.0 Å². The van der Waals surface area contributed by atoms with E-state index in [1.807, 2.05) is 32.0 Å². The second-order valence-corrected chi connectivity index (χ2v) is 7.02. The monoisotopic (exact) mass is 393 g/mol. The lowest BCUT2D eigenvalue weighted by atomic mass is 9.92. The van der Waals surface area contributed by atoms with Crippen molar-refractivity contribution in [3.63, 3.8) is 0 Å². The molecule has 4 nitrogen and oxygen atoms in total. The standard InChI is InChI=1S/C21H22F3NO3/c1-13(2)14-4-7-19(27-3)18(11-14)17-6-5-16(21(22,23)24)10-15(17)12-25-8-9-28-20(25)26/h4-7,10-11,13H,8-9,12H2,1-3H3. The normalized spacial score (nSPS) is 14.5. The van der Waals surface area contributed by atoms with Crippen molar-refractivity contribution in [2.45, 2.75) is 32.5 Å². The van der Waals surface area contributed by atoms with Gasteiger partial charge in [0.05, 0.1) is 19.2 Å². The molecule has 1 aliphatic heterocycles. The summed E-state index contributed by atoms with van der Waals surface area (Å²) in [5, 5.41) is 0. The van der Waals surface area contributed by atoms with Gasteiger partial charge in [0.25, 0.3) is 0 Å². The van der Waals surface area contributed by atoms with Gasteiger partial charge in [-0.25, -0.2) is 4.79 Å². The maximum Gasteiger partial charge on any atom is 0.416 e. The number of carbonyl (C=O) groups is 1. The number of hydrogen-bond acceptors (Lipinski definition) is 3. The zero-order valence-electron chi connectivity index (χ0n) is 16.0. The molecule has 0 N–H and O–H groups in total. The zero-order valence-corrected chi connectivity index (χ0v) is 16.0. The minimum atomic E-state index is -4.47. The van der Waals surface area contributed by atoms with E-state index in [1.165, 1.54) is 18.1 Å². The molecule has 7 heteroatoms. The van der Waals surface area contributed by atoms with E-state index >= 15 is 0 Å². The van der Waals surface area contributed by atoms with Gasteiger partial charge in [-0.3, -0.25) is 0 Å². The van der Waals surface area contributed by atoms with E-state index in [4.69, 9.17) is 9.47 Å². The number of alkyl halides is 3. The molecule has 1 amide bonds. The number of carbonyl (C=O) groups excluding carboxylic acids is 1. The van der Waals surface area contributed by atoms with Gasteiger partial charge >= 0.3 is 12.3 Å². The van der Waals surface area contributed by atoms with E-state index in [0.29, 0.717) is 29.0 Å². The van der Waals surface area contributed by atoms with Crippen LogP contribution in [0.25, 0.3) is 11.1 Å². The Labute approximate surface area is 161 Å². The van der Waals surface area contributed by atoms with E-state index in [-0.39, 0.29) is 19.1 Å². The number of methoxy groups -OCH3 is 1. The van der Waals surface area contributed by atoms with Crippen molar-refractivity contribution in [2.75, 3.05) is 20.3 Å². The van der Waals surface area contributed by atoms with Crippen molar-refractivity contribution in [1.29, 1.82) is 0 Å². The van der Waals surface area contributed by atoms with E-state index in [0.717, 1.165) is 17.7 Å². The molecular formula is C21H22F3NO3. The summed E-state index contributed by atoms with van der Waals surface area (Å²) in [7, 11) is 1.52. The molecule has 0 aromatic heterocycles. The van der Waals surface area contributed by atoms with Gasteiger partial charge in [-0.15, -0.1) is 0 Å². The van der Waals surface area contributed by atoms with Crippen LogP contribution >= 0.6 is 0 Å². The van der Waals surface area contributed by atoms with Crippen LogP contribution in [0.2, 0.25) is 0 Å². The van der Waals surface area contributed by atoms with Gasteiger partial charge in [-0.05, 0) is 46.9 Å². The Morgan fingerprint density at radius 2 is 1.89 bits per heavy atom. The van der Waals surface area contributed by atoms with Gasteiger partial charge in [0.15, 0.2) is 0 Å². The lowest BCUT2D eigenvalue weighted by molar-refractivity contribution is -0.137. The SMILES string of the molecule is COc1ccc(C(C)C)cc1-c1ccc(C(F)(F)F)cc1CN1CCOC1=O. The van der Waals surface area contributed by atoms with Crippen LogP contribution < -0.4 is 4.74 Å². The molecule has 1 heterocycles. The Morgan fingerprint density at radius 1 is 1.14 bits per heavy atom. The molecule has 2 aromatic rings. The Morgan fingerprint density at radius 3 is 2.46 bits per heavy atom. The molecule has 28 heavy (non-hydrogen) atoms. The van der Waals surface area contributed by atoms with Gasteiger partial charge in [-0.2, -0.15) is 13.2 Å². The molecule has 0 bridgehead atoms. The van der Waals surface area contributed by atoms with Crippen molar-refractivity contribution in [2.24, 2.45) is 0 Å². The minimum Gasteiger partial charge on any atom is -0.496 e. The molecule has 1 aliphatic rings. The Bertz CT molecular complexity index is 878. The van der Waals surface area contributed by atoms with Crippen LogP contribution in [0, 0.1) is 0 Å². The summed E-state index contributed by atoms with van der Waals surface area (Å²) < 4.78 is 50.2. The topological polar surface area (TPSA) is 38.8 Å². The van der Waals surface area contributed by atoms with Crippen molar-refractivity contribution >= 4 is 6.09 Å². The number of benzene rings is 2. The average Bonchev–Trinajstić information content (AvgIpc) is 3.05. The van der Waals surface area contributed by atoms with Crippen LogP contribution in [0.1, 0.15) is 36.5 Å².